The predicted molar refractivity (Wildman–Crippen MR) is 69.7 cm³/mol. The van der Waals surface area contributed by atoms with Crippen LogP contribution in [0.2, 0.25) is 0 Å². The Balaban J connectivity index is 4.30. The first-order valence-electron chi connectivity index (χ1n) is 4.13. The molecule has 0 rings (SSSR count). The third-order valence-electron chi connectivity index (χ3n) is 1.12. The third-order valence-corrected chi connectivity index (χ3v) is 3.49. The van der Waals surface area contributed by atoms with Gasteiger partial charge in [-0.15, -0.1) is 0 Å². The van der Waals surface area contributed by atoms with Gasteiger partial charge in [-0.25, -0.2) is 0 Å². The molecular weight excluding hydrogens is 293 g/mol. The molecule has 0 saturated heterocycles. The number of halogens is 3. The lowest BCUT2D eigenvalue weighted by Gasteiger charge is -2.20. The maximum atomic E-state index is 5.69. The van der Waals surface area contributed by atoms with Crippen LogP contribution in [0.25, 0.3) is 0 Å². The van der Waals surface area contributed by atoms with E-state index in [1.165, 1.54) is 18.2 Å². The minimum absolute atomic E-state index is 0.756. The molecule has 0 aliphatic carbocycles. The molecule has 0 heterocycles. The molecule has 0 amide bonds. The first kappa shape index (κ1) is 16.4. The van der Waals surface area contributed by atoms with Gasteiger partial charge in [0.2, 0.25) is 0 Å². The van der Waals surface area contributed by atoms with Gasteiger partial charge in [-0.1, -0.05) is 54.5 Å². The van der Waals surface area contributed by atoms with Crippen LogP contribution in [0.1, 0.15) is 0 Å². The zero-order valence-corrected chi connectivity index (χ0v) is 11.6. The van der Waals surface area contributed by atoms with E-state index in [1.807, 2.05) is 0 Å². The monoisotopic (exact) mass is 304 g/mol. The van der Waals surface area contributed by atoms with Crippen LogP contribution in [0.3, 0.4) is 0 Å². The number of hydrogen-bond acceptors (Lipinski definition) is 3. The number of hydrogen-bond donors (Lipinski definition) is 0. The van der Waals surface area contributed by atoms with Gasteiger partial charge in [-0.05, 0) is 18.2 Å². The highest BCUT2D eigenvalue weighted by atomic mass is 35.5. The van der Waals surface area contributed by atoms with Crippen LogP contribution in [0.4, 0.5) is 0 Å². The molecule has 3 nitrogen and oxygen atoms in total. The third kappa shape index (κ3) is 7.64. The molecule has 0 aromatic heterocycles. The van der Waals surface area contributed by atoms with Gasteiger partial charge in [0.1, 0.15) is 0 Å². The van der Waals surface area contributed by atoms with Gasteiger partial charge in [-0.2, -0.15) is 0 Å². The summed E-state index contributed by atoms with van der Waals surface area (Å²) < 4.78 is 15.4. The van der Waals surface area contributed by atoms with E-state index in [0.29, 0.717) is 0 Å². The van der Waals surface area contributed by atoms with E-state index in [9.17, 15) is 0 Å². The van der Waals surface area contributed by atoms with Gasteiger partial charge in [0.25, 0.3) is 0 Å². The minimum Gasteiger partial charge on any atom is -0.288 e. The van der Waals surface area contributed by atoms with Gasteiger partial charge < -0.3 is 0 Å². The second-order valence-corrected chi connectivity index (χ2v) is 4.67. The van der Waals surface area contributed by atoms with Crippen LogP contribution in [-0.4, -0.2) is 16.7 Å². The summed E-state index contributed by atoms with van der Waals surface area (Å²) in [5, 5.41) is 0. The van der Waals surface area contributed by atoms with Crippen molar-refractivity contribution in [3.05, 3.63) is 38.0 Å². The molecule has 0 spiro atoms. The largest absolute Gasteiger partial charge is 0.338 e. The zero-order chi connectivity index (χ0) is 12.6. The summed E-state index contributed by atoms with van der Waals surface area (Å²) in [5.41, 5.74) is -2.27. The average Bonchev–Trinajstić information content (AvgIpc) is 2.28. The van der Waals surface area contributed by atoms with Crippen LogP contribution in [0.15, 0.2) is 38.0 Å². The van der Waals surface area contributed by atoms with Crippen molar-refractivity contribution < 1.29 is 13.6 Å². The molecule has 0 aromatic carbocycles. The van der Waals surface area contributed by atoms with Crippen molar-refractivity contribution >= 4 is 43.4 Å². The summed E-state index contributed by atoms with van der Waals surface area (Å²) >= 11 is 17.1. The summed E-state index contributed by atoms with van der Waals surface area (Å²) in [6.45, 7) is 10.3. The molecule has 0 N–H and O–H groups in total. The quantitative estimate of drug-likeness (QED) is 0.356. The Morgan fingerprint density at radius 2 is 1.00 bits per heavy atom. The Morgan fingerprint density at radius 3 is 1.19 bits per heavy atom. The molecule has 0 saturated carbocycles. The van der Waals surface area contributed by atoms with Crippen LogP contribution < -0.4 is 0 Å². The second-order valence-electron chi connectivity index (χ2n) is 2.30. The summed E-state index contributed by atoms with van der Waals surface area (Å²) in [6.07, 6.45) is 4.12. The van der Waals surface area contributed by atoms with Gasteiger partial charge in [0.05, 0.1) is 0 Å². The van der Waals surface area contributed by atoms with E-state index in [4.69, 9.17) is 48.4 Å². The van der Waals surface area contributed by atoms with Crippen molar-refractivity contribution in [3.63, 3.8) is 0 Å². The fourth-order valence-electron chi connectivity index (χ4n) is 0.450. The summed E-state index contributed by atoms with van der Waals surface area (Å²) in [4.78, 5) is 0. The Bertz CT molecular complexity index is 202. The molecule has 3 atom stereocenters. The maximum absolute atomic E-state index is 5.69. The average molecular weight is 306 g/mol. The molecule has 92 valence electrons. The molecule has 0 fully saturated rings. The van der Waals surface area contributed by atoms with E-state index in [1.54, 1.807) is 0 Å². The SMILES string of the molecule is C=CC(Cl)OP(OC(Cl)C=C)OC(Cl)C=C. The first-order chi connectivity index (χ1) is 7.53. The van der Waals surface area contributed by atoms with Crippen LogP contribution in [-0.2, 0) is 13.6 Å². The predicted octanol–water partition coefficient (Wildman–Crippen LogP) is 4.52. The van der Waals surface area contributed by atoms with Gasteiger partial charge >= 0.3 is 8.60 Å². The Labute approximate surface area is 112 Å². The Kier molecular flexibility index (Phi) is 9.67. The summed E-state index contributed by atoms with van der Waals surface area (Å²) in [7, 11) is -1.81. The number of alkyl halides is 3. The molecule has 0 aromatic rings. The molecule has 0 aliphatic rings. The van der Waals surface area contributed by atoms with Crippen molar-refractivity contribution in [1.82, 2.24) is 0 Å². The van der Waals surface area contributed by atoms with E-state index in [-0.39, 0.29) is 0 Å². The highest BCUT2D eigenvalue weighted by molar-refractivity contribution is 7.42. The lowest BCUT2D eigenvalue weighted by Crippen LogP contribution is -2.08. The van der Waals surface area contributed by atoms with E-state index < -0.39 is 25.3 Å². The van der Waals surface area contributed by atoms with Crippen molar-refractivity contribution in [3.8, 4) is 0 Å². The molecule has 7 heteroatoms. The molecule has 3 unspecified atom stereocenters. The van der Waals surface area contributed by atoms with Gasteiger partial charge in [-0.3, -0.25) is 13.6 Å². The minimum atomic E-state index is -1.81. The maximum Gasteiger partial charge on any atom is 0.338 e. The van der Waals surface area contributed by atoms with E-state index in [0.717, 1.165) is 0 Å². The van der Waals surface area contributed by atoms with Crippen LogP contribution >= 0.6 is 43.4 Å². The topological polar surface area (TPSA) is 27.7 Å². The second kappa shape index (κ2) is 9.43. The smallest absolute Gasteiger partial charge is 0.288 e. The molecule has 0 bridgehead atoms. The lowest BCUT2D eigenvalue weighted by atomic mass is 10.7. The highest BCUT2D eigenvalue weighted by Gasteiger charge is 2.22. The molecule has 16 heavy (non-hydrogen) atoms. The Hall–Kier alpha value is 0.400. The molecule has 0 aliphatic heterocycles. The summed E-state index contributed by atoms with van der Waals surface area (Å²) in [6, 6.07) is 0. The first-order valence-corrected chi connectivity index (χ1v) is 6.54. The zero-order valence-electron chi connectivity index (χ0n) is 8.39. The van der Waals surface area contributed by atoms with E-state index >= 15 is 0 Å². The number of rotatable bonds is 9. The van der Waals surface area contributed by atoms with Gasteiger partial charge in [0, 0.05) is 0 Å². The standard InChI is InChI=1S/C9H12Cl3O3P/c1-4-7(10)13-16(14-8(11)5-2)15-9(12)6-3/h4-9H,1-3H2. The van der Waals surface area contributed by atoms with Gasteiger partial charge in [0.15, 0.2) is 16.7 Å². The van der Waals surface area contributed by atoms with E-state index in [2.05, 4.69) is 19.7 Å². The van der Waals surface area contributed by atoms with Crippen molar-refractivity contribution in [1.29, 1.82) is 0 Å². The normalized spacial score (nSPS) is 18.2. The van der Waals surface area contributed by atoms with Crippen molar-refractivity contribution in [2.24, 2.45) is 0 Å². The lowest BCUT2D eigenvalue weighted by molar-refractivity contribution is 0.162. The van der Waals surface area contributed by atoms with Crippen molar-refractivity contribution in [2.45, 2.75) is 16.7 Å². The Morgan fingerprint density at radius 1 is 0.750 bits per heavy atom. The molecule has 0 radical (unpaired) electrons. The van der Waals surface area contributed by atoms with Crippen LogP contribution in [0.5, 0.6) is 0 Å². The highest BCUT2D eigenvalue weighted by Crippen LogP contribution is 2.45. The fourth-order valence-corrected chi connectivity index (χ4v) is 1.94. The summed E-state index contributed by atoms with van der Waals surface area (Å²) in [5.74, 6) is 0. The van der Waals surface area contributed by atoms with Crippen molar-refractivity contribution in [2.75, 3.05) is 0 Å². The molecular formula is C9H12Cl3O3P. The van der Waals surface area contributed by atoms with Crippen LogP contribution in [0, 0.1) is 0 Å². The fraction of sp³-hybridized carbons (Fsp3) is 0.333.